The molecule has 0 saturated heterocycles. The Bertz CT molecular complexity index is 439. The summed E-state index contributed by atoms with van der Waals surface area (Å²) >= 11 is 5.77. The third kappa shape index (κ3) is 2.14. The number of hydrogen-bond acceptors (Lipinski definition) is 3. The van der Waals surface area contributed by atoms with Gasteiger partial charge in [0.05, 0.1) is 5.88 Å². The van der Waals surface area contributed by atoms with Crippen LogP contribution in [-0.2, 0) is 10.7 Å². The van der Waals surface area contributed by atoms with Crippen LogP contribution in [0, 0.1) is 20.8 Å². The molecule has 0 aromatic heterocycles. The van der Waals surface area contributed by atoms with Crippen LogP contribution in [0.1, 0.15) is 29.2 Å². The van der Waals surface area contributed by atoms with E-state index in [9.17, 15) is 9.90 Å². The maximum atomic E-state index is 11.0. The van der Waals surface area contributed by atoms with Gasteiger partial charge in [-0.3, -0.25) is 4.79 Å². The molecule has 0 aliphatic rings. The molecule has 1 aromatic rings. The zero-order valence-electron chi connectivity index (χ0n) is 9.85. The van der Waals surface area contributed by atoms with Gasteiger partial charge in [0.25, 0.3) is 0 Å². The van der Waals surface area contributed by atoms with Crippen molar-refractivity contribution in [3.05, 3.63) is 22.3 Å². The Morgan fingerprint density at radius 2 is 1.81 bits per heavy atom. The molecule has 1 aromatic carbocycles. The third-order valence-electron chi connectivity index (χ3n) is 2.72. The monoisotopic (exact) mass is 242 g/mol. The number of halogens is 1. The Hall–Kier alpha value is -1.22. The van der Waals surface area contributed by atoms with Gasteiger partial charge in [-0.05, 0) is 31.9 Å². The van der Waals surface area contributed by atoms with Crippen LogP contribution >= 0.6 is 11.6 Å². The van der Waals surface area contributed by atoms with Crippen molar-refractivity contribution in [3.8, 4) is 11.5 Å². The molecule has 0 fully saturated rings. The van der Waals surface area contributed by atoms with Crippen LogP contribution in [0.15, 0.2) is 0 Å². The first kappa shape index (κ1) is 12.8. The van der Waals surface area contributed by atoms with Gasteiger partial charge in [-0.25, -0.2) is 0 Å². The largest absolute Gasteiger partial charge is 0.507 e. The van der Waals surface area contributed by atoms with Crippen LogP contribution < -0.4 is 4.74 Å². The number of carbonyl (C=O) groups is 1. The molecule has 3 nitrogen and oxygen atoms in total. The molecule has 1 rings (SSSR count). The molecule has 0 heterocycles. The van der Waals surface area contributed by atoms with Gasteiger partial charge in [-0.1, -0.05) is 0 Å². The van der Waals surface area contributed by atoms with Crippen molar-refractivity contribution >= 4 is 17.6 Å². The number of aromatic hydroxyl groups is 1. The summed E-state index contributed by atoms with van der Waals surface area (Å²) in [6.45, 7) is 6.70. The van der Waals surface area contributed by atoms with E-state index in [2.05, 4.69) is 0 Å². The summed E-state index contributed by atoms with van der Waals surface area (Å²) in [5.41, 5.74) is 2.78. The van der Waals surface area contributed by atoms with E-state index in [-0.39, 0.29) is 17.6 Å². The predicted octanol–water partition coefficient (Wildman–Crippen LogP) is 2.98. The lowest BCUT2D eigenvalue weighted by Crippen LogP contribution is -2.07. The molecule has 88 valence electrons. The van der Waals surface area contributed by atoms with E-state index in [1.54, 1.807) is 20.8 Å². The maximum absolute atomic E-state index is 11.0. The van der Waals surface area contributed by atoms with Crippen molar-refractivity contribution in [2.75, 3.05) is 0 Å². The molecule has 0 bridgehead atoms. The fraction of sp³-hybridized carbons (Fsp3) is 0.417. The summed E-state index contributed by atoms with van der Waals surface area (Å²) in [5, 5.41) is 9.89. The molecule has 4 heteroatoms. The number of alkyl halides is 1. The molecule has 0 aliphatic heterocycles. The van der Waals surface area contributed by atoms with Gasteiger partial charge in [0.1, 0.15) is 11.5 Å². The average Bonchev–Trinajstić information content (AvgIpc) is 2.22. The predicted molar refractivity (Wildman–Crippen MR) is 63.2 cm³/mol. The maximum Gasteiger partial charge on any atom is 0.308 e. The summed E-state index contributed by atoms with van der Waals surface area (Å²) in [6, 6.07) is 0. The molecule has 0 spiro atoms. The molecule has 0 saturated carbocycles. The first-order valence-electron chi connectivity index (χ1n) is 4.96. The second-order valence-electron chi connectivity index (χ2n) is 3.76. The van der Waals surface area contributed by atoms with Crippen molar-refractivity contribution in [3.63, 3.8) is 0 Å². The minimum atomic E-state index is -0.378. The third-order valence-corrected chi connectivity index (χ3v) is 2.98. The Morgan fingerprint density at radius 3 is 2.25 bits per heavy atom. The van der Waals surface area contributed by atoms with E-state index in [0.29, 0.717) is 22.4 Å². The van der Waals surface area contributed by atoms with E-state index in [4.69, 9.17) is 16.3 Å². The van der Waals surface area contributed by atoms with Gasteiger partial charge in [-0.15, -0.1) is 11.6 Å². The van der Waals surface area contributed by atoms with Crippen molar-refractivity contribution < 1.29 is 14.6 Å². The molecule has 16 heavy (non-hydrogen) atoms. The smallest absolute Gasteiger partial charge is 0.308 e. The van der Waals surface area contributed by atoms with Crippen molar-refractivity contribution in [2.24, 2.45) is 0 Å². The second-order valence-corrected chi connectivity index (χ2v) is 4.03. The highest BCUT2D eigenvalue weighted by Gasteiger charge is 2.18. The van der Waals surface area contributed by atoms with Crippen LogP contribution in [-0.4, -0.2) is 11.1 Å². The second kappa shape index (κ2) is 4.74. The fourth-order valence-corrected chi connectivity index (χ4v) is 1.96. The molecule has 0 amide bonds. The molecule has 1 N–H and O–H groups in total. The number of phenols is 1. The first-order valence-corrected chi connectivity index (χ1v) is 5.49. The SMILES string of the molecule is CC(=O)Oc1c(C)c(C)c(O)c(CCl)c1C. The summed E-state index contributed by atoms with van der Waals surface area (Å²) in [7, 11) is 0. The van der Waals surface area contributed by atoms with Gasteiger partial charge in [0.15, 0.2) is 0 Å². The Kier molecular flexibility index (Phi) is 3.81. The molecule has 0 unspecified atom stereocenters. The number of benzene rings is 1. The van der Waals surface area contributed by atoms with Gasteiger partial charge in [0.2, 0.25) is 0 Å². The molecular weight excluding hydrogens is 228 g/mol. The van der Waals surface area contributed by atoms with Crippen molar-refractivity contribution in [1.82, 2.24) is 0 Å². The fourth-order valence-electron chi connectivity index (χ4n) is 1.63. The normalized spacial score (nSPS) is 10.3. The van der Waals surface area contributed by atoms with E-state index in [1.807, 2.05) is 0 Å². The van der Waals surface area contributed by atoms with Crippen LogP contribution in [0.4, 0.5) is 0 Å². The lowest BCUT2D eigenvalue weighted by molar-refractivity contribution is -0.131. The summed E-state index contributed by atoms with van der Waals surface area (Å²) < 4.78 is 5.15. The van der Waals surface area contributed by atoms with Gasteiger partial charge in [0, 0.05) is 18.1 Å². The topological polar surface area (TPSA) is 46.5 Å². The lowest BCUT2D eigenvalue weighted by Gasteiger charge is -2.17. The lowest BCUT2D eigenvalue weighted by atomic mass is 9.98. The van der Waals surface area contributed by atoms with E-state index >= 15 is 0 Å². The van der Waals surface area contributed by atoms with Crippen LogP contribution in [0.5, 0.6) is 11.5 Å². The standard InChI is InChI=1S/C12H15ClO3/c1-6-7(2)12(16-9(4)14)8(3)10(5-13)11(6)15/h15H,5H2,1-4H3. The minimum Gasteiger partial charge on any atom is -0.507 e. The quantitative estimate of drug-likeness (QED) is 0.493. The van der Waals surface area contributed by atoms with Gasteiger partial charge in [-0.2, -0.15) is 0 Å². The zero-order chi connectivity index (χ0) is 12.5. The average molecular weight is 243 g/mol. The summed E-state index contributed by atoms with van der Waals surface area (Å²) in [6.07, 6.45) is 0. The molecule has 0 radical (unpaired) electrons. The van der Waals surface area contributed by atoms with Crippen LogP contribution in [0.2, 0.25) is 0 Å². The number of hydrogen-bond donors (Lipinski definition) is 1. The Labute approximate surface area is 100.0 Å². The van der Waals surface area contributed by atoms with Crippen LogP contribution in [0.25, 0.3) is 0 Å². The van der Waals surface area contributed by atoms with Crippen molar-refractivity contribution in [1.29, 1.82) is 0 Å². The van der Waals surface area contributed by atoms with E-state index in [1.165, 1.54) is 6.92 Å². The summed E-state index contributed by atoms with van der Waals surface area (Å²) in [4.78, 5) is 11.0. The Balaban J connectivity index is 3.48. The van der Waals surface area contributed by atoms with E-state index in [0.717, 1.165) is 5.56 Å². The highest BCUT2D eigenvalue weighted by atomic mass is 35.5. The van der Waals surface area contributed by atoms with Gasteiger partial charge < -0.3 is 9.84 Å². The van der Waals surface area contributed by atoms with Crippen molar-refractivity contribution in [2.45, 2.75) is 33.6 Å². The number of carbonyl (C=O) groups excluding carboxylic acids is 1. The highest BCUT2D eigenvalue weighted by Crippen LogP contribution is 2.37. The number of esters is 1. The van der Waals surface area contributed by atoms with Gasteiger partial charge >= 0.3 is 5.97 Å². The highest BCUT2D eigenvalue weighted by molar-refractivity contribution is 6.17. The summed E-state index contributed by atoms with van der Waals surface area (Å²) in [5.74, 6) is 0.490. The minimum absolute atomic E-state index is 0.181. The molecule has 0 aliphatic carbocycles. The number of phenolic OH excluding ortho intramolecular Hbond substituents is 1. The number of rotatable bonds is 2. The zero-order valence-corrected chi connectivity index (χ0v) is 10.6. The number of ether oxygens (including phenoxy) is 1. The van der Waals surface area contributed by atoms with Crippen LogP contribution in [0.3, 0.4) is 0 Å². The Morgan fingerprint density at radius 1 is 1.25 bits per heavy atom. The van der Waals surface area contributed by atoms with E-state index < -0.39 is 0 Å². The first-order chi connectivity index (χ1) is 7.40. The molecule has 0 atom stereocenters. The molecular formula is C12H15ClO3.